The van der Waals surface area contributed by atoms with Crippen LogP contribution in [-0.4, -0.2) is 59.0 Å². The maximum atomic E-state index is 11.4. The van der Waals surface area contributed by atoms with Crippen molar-refractivity contribution in [2.45, 2.75) is 56.2 Å². The highest BCUT2D eigenvalue weighted by Gasteiger charge is 2.50. The van der Waals surface area contributed by atoms with Crippen LogP contribution in [0.25, 0.3) is 0 Å². The maximum absolute atomic E-state index is 11.4. The predicted molar refractivity (Wildman–Crippen MR) is 86.0 cm³/mol. The molecule has 1 fully saturated rings. The summed E-state index contributed by atoms with van der Waals surface area (Å²) in [4.78, 5) is 45.0. The van der Waals surface area contributed by atoms with Crippen molar-refractivity contribution in [3.63, 3.8) is 0 Å². The van der Waals surface area contributed by atoms with Gasteiger partial charge in [-0.05, 0) is 0 Å². The van der Waals surface area contributed by atoms with Crippen LogP contribution in [0, 0.1) is 0 Å². The number of hydrogen-bond donors (Lipinski definition) is 0. The van der Waals surface area contributed by atoms with Gasteiger partial charge in [-0.1, -0.05) is 22.6 Å². The molecule has 0 aromatic heterocycles. The third-order valence-electron chi connectivity index (χ3n) is 2.91. The first kappa shape index (κ1) is 20.6. The molecule has 136 valence electrons. The summed E-state index contributed by atoms with van der Waals surface area (Å²) in [6, 6.07) is 0. The zero-order valence-electron chi connectivity index (χ0n) is 13.6. The molecule has 0 bridgehead atoms. The molecular weight excluding hydrogens is 439 g/mol. The van der Waals surface area contributed by atoms with Crippen molar-refractivity contribution in [2.75, 3.05) is 6.61 Å². The maximum Gasteiger partial charge on any atom is 0.304 e. The van der Waals surface area contributed by atoms with Gasteiger partial charge in [-0.2, -0.15) is 0 Å². The summed E-state index contributed by atoms with van der Waals surface area (Å²) in [6.07, 6.45) is -3.97. The van der Waals surface area contributed by atoms with Crippen molar-refractivity contribution in [2.24, 2.45) is 0 Å². The van der Waals surface area contributed by atoms with Crippen molar-refractivity contribution in [1.29, 1.82) is 0 Å². The summed E-state index contributed by atoms with van der Waals surface area (Å²) < 4.78 is 25.3. The van der Waals surface area contributed by atoms with Crippen LogP contribution >= 0.6 is 22.6 Å². The fourth-order valence-electron chi connectivity index (χ4n) is 2.12. The molecule has 0 radical (unpaired) electrons. The molecule has 1 saturated heterocycles. The summed E-state index contributed by atoms with van der Waals surface area (Å²) in [7, 11) is 0. The molecule has 1 heterocycles. The van der Waals surface area contributed by atoms with E-state index in [-0.39, 0.29) is 6.61 Å². The lowest BCUT2D eigenvalue weighted by atomic mass is 10.0. The second-order valence-corrected chi connectivity index (χ2v) is 6.49. The van der Waals surface area contributed by atoms with Gasteiger partial charge in [0.2, 0.25) is 6.29 Å². The Balaban J connectivity index is 3.08. The Hall–Kier alpha value is -1.43. The van der Waals surface area contributed by atoms with Crippen LogP contribution in [-0.2, 0) is 42.9 Å². The lowest BCUT2D eigenvalue weighted by molar-refractivity contribution is -0.254. The topological polar surface area (TPSA) is 114 Å². The lowest BCUT2D eigenvalue weighted by Gasteiger charge is -2.42. The Labute approximate surface area is 152 Å². The Morgan fingerprint density at radius 3 is 1.79 bits per heavy atom. The van der Waals surface area contributed by atoms with Crippen LogP contribution in [0.5, 0.6) is 0 Å². The number of esters is 4. The van der Waals surface area contributed by atoms with Gasteiger partial charge in [-0.3, -0.25) is 19.2 Å². The number of alkyl halides is 1. The van der Waals surface area contributed by atoms with E-state index in [0.29, 0.717) is 0 Å². The molecule has 0 aromatic carbocycles. The molecule has 24 heavy (non-hydrogen) atoms. The van der Waals surface area contributed by atoms with E-state index in [1.54, 1.807) is 0 Å². The monoisotopic (exact) mass is 458 g/mol. The van der Waals surface area contributed by atoms with Crippen LogP contribution in [0.3, 0.4) is 0 Å². The standard InChI is InChI=1S/C14H19IO9/c1-6(16)20-5-10-12(21-7(2)17)13(22-8(3)18)11(15)14(24-10)23-9(4)19/h10-14H,5H2,1-4H3/t10-,11-,12-,13-,14?/m1/s1. The number of ether oxygens (including phenoxy) is 5. The van der Waals surface area contributed by atoms with E-state index in [2.05, 4.69) is 0 Å². The molecule has 0 N–H and O–H groups in total. The van der Waals surface area contributed by atoms with Gasteiger partial charge in [-0.25, -0.2) is 0 Å². The van der Waals surface area contributed by atoms with Crippen molar-refractivity contribution >= 4 is 46.5 Å². The average Bonchev–Trinajstić information content (AvgIpc) is 2.42. The number of carbonyl (C=O) groups is 4. The van der Waals surface area contributed by atoms with Gasteiger partial charge >= 0.3 is 23.9 Å². The van der Waals surface area contributed by atoms with Crippen molar-refractivity contribution in [3.8, 4) is 0 Å². The van der Waals surface area contributed by atoms with Crippen LogP contribution in [0.2, 0.25) is 0 Å². The highest BCUT2D eigenvalue weighted by atomic mass is 127. The quantitative estimate of drug-likeness (QED) is 0.252. The molecule has 1 unspecified atom stereocenters. The molecular formula is C14H19IO9. The van der Waals surface area contributed by atoms with Gasteiger partial charge in [0.25, 0.3) is 0 Å². The SMILES string of the molecule is CC(=O)OC[C@H]1OC(OC(C)=O)[C@H](I)[C@@H](OC(C)=O)[C@@H]1OC(C)=O. The van der Waals surface area contributed by atoms with Gasteiger partial charge < -0.3 is 23.7 Å². The molecule has 0 aliphatic carbocycles. The van der Waals surface area contributed by atoms with Crippen LogP contribution in [0.4, 0.5) is 0 Å². The number of halogens is 1. The smallest absolute Gasteiger partial charge is 0.304 e. The lowest BCUT2D eigenvalue weighted by Crippen LogP contribution is -2.60. The van der Waals surface area contributed by atoms with Crippen LogP contribution in [0.1, 0.15) is 27.7 Å². The van der Waals surface area contributed by atoms with Gasteiger partial charge in [0.1, 0.15) is 16.6 Å². The van der Waals surface area contributed by atoms with E-state index in [1.807, 2.05) is 22.6 Å². The highest BCUT2D eigenvalue weighted by Crippen LogP contribution is 2.32. The first-order valence-electron chi connectivity index (χ1n) is 7.06. The first-order valence-corrected chi connectivity index (χ1v) is 8.31. The fraction of sp³-hybridized carbons (Fsp3) is 0.714. The minimum atomic E-state index is -1.06. The number of rotatable bonds is 5. The molecule has 1 rings (SSSR count). The van der Waals surface area contributed by atoms with Crippen molar-refractivity contribution in [1.82, 2.24) is 0 Å². The Morgan fingerprint density at radius 1 is 0.833 bits per heavy atom. The van der Waals surface area contributed by atoms with E-state index in [4.69, 9.17) is 23.7 Å². The molecule has 5 atom stereocenters. The van der Waals surface area contributed by atoms with E-state index in [9.17, 15) is 19.2 Å². The van der Waals surface area contributed by atoms with Gasteiger partial charge in [0.15, 0.2) is 12.2 Å². The van der Waals surface area contributed by atoms with Crippen LogP contribution < -0.4 is 0 Å². The fourth-order valence-corrected chi connectivity index (χ4v) is 2.99. The first-order chi connectivity index (χ1) is 11.1. The number of hydrogen-bond acceptors (Lipinski definition) is 9. The summed E-state index contributed by atoms with van der Waals surface area (Å²) >= 11 is 1.88. The minimum absolute atomic E-state index is 0.258. The third kappa shape index (κ3) is 6.23. The third-order valence-corrected chi connectivity index (χ3v) is 4.21. The molecule has 9 nitrogen and oxygen atoms in total. The second kappa shape index (κ2) is 9.16. The molecule has 0 saturated carbocycles. The zero-order chi connectivity index (χ0) is 18.4. The Bertz CT molecular complexity index is 490. The second-order valence-electron chi connectivity index (χ2n) is 5.05. The molecule has 0 amide bonds. The van der Waals surface area contributed by atoms with Crippen LogP contribution in [0.15, 0.2) is 0 Å². The van der Waals surface area contributed by atoms with Gasteiger partial charge in [0, 0.05) is 27.7 Å². The van der Waals surface area contributed by atoms with E-state index in [1.165, 1.54) is 27.7 Å². The summed E-state index contributed by atoms with van der Waals surface area (Å²) in [6.45, 7) is 4.54. The summed E-state index contributed by atoms with van der Waals surface area (Å²) in [5.41, 5.74) is 0. The van der Waals surface area contributed by atoms with E-state index >= 15 is 0 Å². The minimum Gasteiger partial charge on any atom is -0.463 e. The average molecular weight is 458 g/mol. The van der Waals surface area contributed by atoms with Crippen molar-refractivity contribution < 1.29 is 42.9 Å². The zero-order valence-corrected chi connectivity index (χ0v) is 15.8. The van der Waals surface area contributed by atoms with E-state index in [0.717, 1.165) is 0 Å². The van der Waals surface area contributed by atoms with E-state index < -0.39 is 52.4 Å². The Kier molecular flexibility index (Phi) is 7.87. The van der Waals surface area contributed by atoms with Gasteiger partial charge in [-0.15, -0.1) is 0 Å². The van der Waals surface area contributed by atoms with Crippen molar-refractivity contribution in [3.05, 3.63) is 0 Å². The largest absolute Gasteiger partial charge is 0.463 e. The molecule has 0 spiro atoms. The summed E-state index contributed by atoms with van der Waals surface area (Å²) in [5, 5.41) is 0. The Morgan fingerprint density at radius 2 is 1.33 bits per heavy atom. The predicted octanol–water partition coefficient (Wildman–Crippen LogP) is 0.504. The molecule has 10 heteroatoms. The molecule has 1 aliphatic rings. The molecule has 0 aromatic rings. The summed E-state index contributed by atoms with van der Waals surface area (Å²) in [5.74, 6) is -2.39. The molecule has 1 aliphatic heterocycles. The van der Waals surface area contributed by atoms with Gasteiger partial charge in [0.05, 0.1) is 0 Å². The normalized spacial score (nSPS) is 29.3. The number of carbonyl (C=O) groups excluding carboxylic acids is 4. The highest BCUT2D eigenvalue weighted by molar-refractivity contribution is 14.1.